The molecule has 0 radical (unpaired) electrons. The Hall–Kier alpha value is -7.11. The summed E-state index contributed by atoms with van der Waals surface area (Å²) in [7, 11) is 0. The van der Waals surface area contributed by atoms with Gasteiger partial charge in [-0.2, -0.15) is 0 Å². The van der Waals surface area contributed by atoms with Crippen LogP contribution in [0.2, 0.25) is 0 Å². The molecule has 0 fully saturated rings. The maximum absolute atomic E-state index is 6.50. The van der Waals surface area contributed by atoms with Crippen molar-refractivity contribution < 1.29 is 4.42 Å². The van der Waals surface area contributed by atoms with Crippen molar-refractivity contribution in [2.24, 2.45) is 0 Å². The Morgan fingerprint density at radius 2 is 1.05 bits per heavy atom. The molecule has 0 aliphatic heterocycles. The van der Waals surface area contributed by atoms with Crippen LogP contribution in [0, 0.1) is 0 Å². The number of rotatable bonds is 4. The number of fused-ring (bicyclic) bond motifs is 9. The van der Waals surface area contributed by atoms with Crippen molar-refractivity contribution in [1.82, 2.24) is 19.5 Å². The van der Waals surface area contributed by atoms with Gasteiger partial charge in [0.05, 0.1) is 16.6 Å². The lowest BCUT2D eigenvalue weighted by molar-refractivity contribution is 0.332. The first-order valence-electron chi connectivity index (χ1n) is 21.0. The van der Waals surface area contributed by atoms with Crippen molar-refractivity contribution in [2.45, 2.75) is 51.4 Å². The molecule has 0 saturated carbocycles. The molecule has 288 valence electrons. The Bertz CT molecular complexity index is 3570. The Morgan fingerprint density at radius 3 is 1.83 bits per heavy atom. The van der Waals surface area contributed by atoms with Crippen LogP contribution < -0.4 is 0 Å². The first-order valence-corrected chi connectivity index (χ1v) is 21.0. The van der Waals surface area contributed by atoms with Gasteiger partial charge in [0.25, 0.3) is 0 Å². The summed E-state index contributed by atoms with van der Waals surface area (Å²) in [5, 5.41) is 9.26. The van der Waals surface area contributed by atoms with Gasteiger partial charge in [0.15, 0.2) is 17.5 Å². The maximum Gasteiger partial charge on any atom is 0.167 e. The SMILES string of the molecule is CC1(C)CCC(C)(C)c2cc3c(cc21)c1ccccc1n3-c1ccc2ccc(-c3nc(-c4ccc5ccccc5c4)nc(-c4cccc5c4oc4ccccc45)n3)cc2c1. The Balaban J connectivity index is 1.05. The summed E-state index contributed by atoms with van der Waals surface area (Å²) >= 11 is 0. The average molecular weight is 775 g/mol. The topological polar surface area (TPSA) is 56.7 Å². The molecule has 8 aromatic carbocycles. The van der Waals surface area contributed by atoms with Gasteiger partial charge >= 0.3 is 0 Å². The lowest BCUT2D eigenvalue weighted by Crippen LogP contribution is -2.33. The second kappa shape index (κ2) is 12.7. The van der Waals surface area contributed by atoms with E-state index >= 15 is 0 Å². The van der Waals surface area contributed by atoms with Crippen molar-refractivity contribution in [2.75, 3.05) is 0 Å². The highest BCUT2D eigenvalue weighted by Gasteiger charge is 2.38. The van der Waals surface area contributed by atoms with Crippen molar-refractivity contribution in [3.8, 4) is 39.9 Å². The zero-order valence-electron chi connectivity index (χ0n) is 34.1. The van der Waals surface area contributed by atoms with Crippen LogP contribution in [0.25, 0.3) is 105 Å². The molecule has 0 atom stereocenters. The van der Waals surface area contributed by atoms with Crippen LogP contribution in [0.1, 0.15) is 51.7 Å². The molecular weight excluding hydrogens is 733 g/mol. The molecule has 60 heavy (non-hydrogen) atoms. The van der Waals surface area contributed by atoms with E-state index in [1.165, 1.54) is 51.2 Å². The summed E-state index contributed by atoms with van der Waals surface area (Å²) < 4.78 is 8.96. The molecule has 1 aliphatic rings. The molecule has 5 heteroatoms. The normalized spacial score (nSPS) is 14.8. The lowest BCUT2D eigenvalue weighted by atomic mass is 9.63. The summed E-state index contributed by atoms with van der Waals surface area (Å²) in [6.45, 7) is 9.64. The molecule has 0 amide bonds. The molecule has 0 saturated heterocycles. The number of aromatic nitrogens is 4. The minimum Gasteiger partial charge on any atom is -0.455 e. The first kappa shape index (κ1) is 34.9. The molecule has 0 spiro atoms. The highest BCUT2D eigenvalue weighted by atomic mass is 16.3. The average Bonchev–Trinajstić information content (AvgIpc) is 3.82. The fourth-order valence-corrected chi connectivity index (χ4v) is 9.83. The second-order valence-electron chi connectivity index (χ2n) is 17.9. The quantitative estimate of drug-likeness (QED) is 0.179. The van der Waals surface area contributed by atoms with Crippen LogP contribution >= 0.6 is 0 Å². The van der Waals surface area contributed by atoms with Gasteiger partial charge in [-0.15, -0.1) is 0 Å². The monoisotopic (exact) mass is 774 g/mol. The smallest absolute Gasteiger partial charge is 0.167 e. The molecule has 12 rings (SSSR count). The van der Waals surface area contributed by atoms with E-state index < -0.39 is 0 Å². The van der Waals surface area contributed by atoms with E-state index in [4.69, 9.17) is 19.4 Å². The zero-order valence-corrected chi connectivity index (χ0v) is 34.1. The molecule has 11 aromatic rings. The van der Waals surface area contributed by atoms with Gasteiger partial charge in [-0.25, -0.2) is 15.0 Å². The number of furan rings is 1. The first-order chi connectivity index (χ1) is 29.2. The van der Waals surface area contributed by atoms with Gasteiger partial charge in [0, 0.05) is 38.4 Å². The van der Waals surface area contributed by atoms with Crippen LogP contribution in [-0.4, -0.2) is 19.5 Å². The summed E-state index contributed by atoms with van der Waals surface area (Å²) in [6, 6.07) is 56.4. The van der Waals surface area contributed by atoms with E-state index in [2.05, 4.69) is 166 Å². The third kappa shape index (κ3) is 5.35. The molecule has 0 unspecified atom stereocenters. The highest BCUT2D eigenvalue weighted by Crippen LogP contribution is 2.48. The number of para-hydroxylation sites is 3. The lowest BCUT2D eigenvalue weighted by Gasteiger charge is -2.42. The molecule has 5 nitrogen and oxygen atoms in total. The van der Waals surface area contributed by atoms with Gasteiger partial charge in [0.2, 0.25) is 0 Å². The molecule has 1 aliphatic carbocycles. The fraction of sp³-hybridized carbons (Fsp3) is 0.145. The van der Waals surface area contributed by atoms with Gasteiger partial charge in [-0.1, -0.05) is 131 Å². The fourth-order valence-electron chi connectivity index (χ4n) is 9.83. The number of hydrogen-bond donors (Lipinski definition) is 0. The van der Waals surface area contributed by atoms with E-state index in [-0.39, 0.29) is 10.8 Å². The third-order valence-electron chi connectivity index (χ3n) is 13.3. The standard InChI is InChI=1S/C55H42N4O/c1-54(2)26-27-55(3,4)46-32-48-44(31-45(46)54)40-14-7-9-18-47(40)59(48)39-25-24-34-21-23-37(29-38(34)30-39)52-56-51(36-22-20-33-12-5-6-13-35(33)28-36)57-53(58-52)43-17-11-16-42-41-15-8-10-19-49(41)60-50(42)43/h5-25,28-32H,26-27H2,1-4H3. The van der Waals surface area contributed by atoms with E-state index in [1.54, 1.807) is 0 Å². The van der Waals surface area contributed by atoms with Crippen LogP contribution in [0.4, 0.5) is 0 Å². The number of hydrogen-bond acceptors (Lipinski definition) is 4. The van der Waals surface area contributed by atoms with Crippen LogP contribution in [-0.2, 0) is 10.8 Å². The predicted octanol–water partition coefficient (Wildman–Crippen LogP) is 14.5. The summed E-state index contributed by atoms with van der Waals surface area (Å²) in [5.41, 5.74) is 11.0. The Labute approximate surface area is 348 Å². The van der Waals surface area contributed by atoms with E-state index in [0.29, 0.717) is 17.5 Å². The highest BCUT2D eigenvalue weighted by molar-refractivity contribution is 6.11. The number of nitrogens with zero attached hydrogens (tertiary/aromatic N) is 4. The van der Waals surface area contributed by atoms with E-state index in [0.717, 1.165) is 60.5 Å². The summed E-state index contributed by atoms with van der Waals surface area (Å²) in [4.78, 5) is 15.6. The minimum absolute atomic E-state index is 0.101. The maximum atomic E-state index is 6.50. The van der Waals surface area contributed by atoms with Gasteiger partial charge < -0.3 is 8.98 Å². The molecule has 0 bridgehead atoms. The van der Waals surface area contributed by atoms with E-state index in [9.17, 15) is 0 Å². The zero-order chi connectivity index (χ0) is 40.3. The second-order valence-corrected chi connectivity index (χ2v) is 17.9. The Kier molecular flexibility index (Phi) is 7.38. The van der Waals surface area contributed by atoms with Gasteiger partial charge in [-0.05, 0) is 111 Å². The Morgan fingerprint density at radius 1 is 0.450 bits per heavy atom. The van der Waals surface area contributed by atoms with Crippen molar-refractivity contribution in [3.63, 3.8) is 0 Å². The van der Waals surface area contributed by atoms with Crippen LogP contribution in [0.5, 0.6) is 0 Å². The molecular formula is C55H42N4O. The van der Waals surface area contributed by atoms with Crippen molar-refractivity contribution in [3.05, 3.63) is 169 Å². The predicted molar refractivity (Wildman–Crippen MR) is 248 cm³/mol. The van der Waals surface area contributed by atoms with Crippen molar-refractivity contribution in [1.29, 1.82) is 0 Å². The van der Waals surface area contributed by atoms with Crippen LogP contribution in [0.15, 0.2) is 162 Å². The summed E-state index contributed by atoms with van der Waals surface area (Å²) in [6.07, 6.45) is 2.36. The van der Waals surface area contributed by atoms with E-state index in [1.807, 2.05) is 24.3 Å². The van der Waals surface area contributed by atoms with Crippen molar-refractivity contribution >= 4 is 65.3 Å². The largest absolute Gasteiger partial charge is 0.455 e. The molecule has 3 aromatic heterocycles. The number of benzene rings is 8. The molecule has 0 N–H and O–H groups in total. The summed E-state index contributed by atoms with van der Waals surface area (Å²) in [5.74, 6) is 1.79. The van der Waals surface area contributed by atoms with Gasteiger partial charge in [0.1, 0.15) is 11.2 Å². The van der Waals surface area contributed by atoms with Crippen LogP contribution in [0.3, 0.4) is 0 Å². The van der Waals surface area contributed by atoms with Gasteiger partial charge in [-0.3, -0.25) is 0 Å². The minimum atomic E-state index is 0.101. The third-order valence-corrected chi connectivity index (χ3v) is 13.3. The molecule has 3 heterocycles.